The molecule has 3 atom stereocenters. The van der Waals surface area contributed by atoms with E-state index in [1.807, 2.05) is 45.9 Å². The van der Waals surface area contributed by atoms with Gasteiger partial charge in [0.15, 0.2) is 11.2 Å². The van der Waals surface area contributed by atoms with Gasteiger partial charge in [0.25, 0.3) is 11.8 Å². The van der Waals surface area contributed by atoms with Crippen molar-refractivity contribution in [3.8, 4) is 11.1 Å². The average Bonchev–Trinajstić information content (AvgIpc) is 4.14. The van der Waals surface area contributed by atoms with Gasteiger partial charge in [0.2, 0.25) is 17.7 Å². The van der Waals surface area contributed by atoms with Crippen LogP contribution in [0.1, 0.15) is 58.2 Å². The van der Waals surface area contributed by atoms with E-state index in [4.69, 9.17) is 4.74 Å². The third kappa shape index (κ3) is 8.39. The summed E-state index contributed by atoms with van der Waals surface area (Å²) in [6.45, 7) is 6.76. The largest absolute Gasteiger partial charge is 0.375 e. The lowest BCUT2D eigenvalue weighted by molar-refractivity contribution is -0.134. The van der Waals surface area contributed by atoms with Crippen molar-refractivity contribution in [1.82, 2.24) is 34.6 Å². The van der Waals surface area contributed by atoms with Gasteiger partial charge in [0, 0.05) is 110 Å². The zero-order valence-corrected chi connectivity index (χ0v) is 37.6. The van der Waals surface area contributed by atoms with Gasteiger partial charge in [0.05, 0.1) is 44.4 Å². The fraction of sp³-hybridized carbons (Fsp3) is 0.396. The number of rotatable bonds is 10. The fourth-order valence-electron chi connectivity index (χ4n) is 10.5. The number of benzene rings is 3. The first-order valence-corrected chi connectivity index (χ1v) is 23.8. The van der Waals surface area contributed by atoms with E-state index in [1.165, 1.54) is 22.3 Å². The number of piperazine rings is 2. The zero-order chi connectivity index (χ0) is 45.8. The van der Waals surface area contributed by atoms with E-state index in [-0.39, 0.29) is 41.4 Å². The molecule has 6 aliphatic heterocycles. The van der Waals surface area contributed by atoms with E-state index < -0.39 is 29.7 Å². The highest BCUT2D eigenvalue weighted by Gasteiger charge is 2.42. The van der Waals surface area contributed by atoms with Crippen molar-refractivity contribution in [2.75, 3.05) is 79.4 Å². The Hall–Kier alpha value is -6.70. The Labute approximate surface area is 389 Å². The van der Waals surface area contributed by atoms with Crippen LogP contribution in [0.3, 0.4) is 0 Å². The van der Waals surface area contributed by atoms with Crippen LogP contribution in [0.5, 0.6) is 0 Å². The number of nitrogens with zero attached hydrogens (tertiary/aromatic N) is 8. The summed E-state index contributed by atoms with van der Waals surface area (Å²) in [5.41, 5.74) is 7.15. The van der Waals surface area contributed by atoms with Crippen molar-refractivity contribution in [2.24, 2.45) is 0 Å². The molecule has 8 heterocycles. The Balaban J connectivity index is 0.695. The van der Waals surface area contributed by atoms with Gasteiger partial charge in [-0.1, -0.05) is 12.1 Å². The summed E-state index contributed by atoms with van der Waals surface area (Å²) in [6.07, 6.45) is 5.72. The number of carbonyl (C=O) groups is 5. The summed E-state index contributed by atoms with van der Waals surface area (Å²) in [5, 5.41) is 10.7. The topological polar surface area (TPSA) is 178 Å². The number of amides is 5. The van der Waals surface area contributed by atoms with Crippen molar-refractivity contribution in [1.29, 1.82) is 0 Å². The second kappa shape index (κ2) is 17.8. The van der Waals surface area contributed by atoms with Gasteiger partial charge in [-0.05, 0) is 72.9 Å². The lowest BCUT2D eigenvalue weighted by Gasteiger charge is -2.43. The standard InChI is InChI=1S/C48H50FN11O6S/c49-37-22-30(21-35-36(37)24-60(47(35)65)44(46(64)54-48-50-11-19-67-48)43-40-2-1-12-58(40)28-51-43)29-3-6-33(7-4-29)56-14-16-57(17-15-56)42(62)25-55-13-18-59-34(23-55)27-66-26-31-20-32(5-9-39(31)59)52-38-8-10-41(61)53-45(38)63/h3-7,9,11,19-22,28,34,38,44,52H,1-2,8,10,12-18,23-27H2,(H,50,54,64)(H,53,61,63)/t34-,38?,44?/m1/s1. The van der Waals surface area contributed by atoms with E-state index in [1.54, 1.807) is 24.0 Å². The number of halogens is 1. The summed E-state index contributed by atoms with van der Waals surface area (Å²) >= 11 is 1.28. The number of nitrogens with one attached hydrogen (secondary N) is 3. The number of hydrogen-bond donors (Lipinski definition) is 3. The van der Waals surface area contributed by atoms with Gasteiger partial charge in [0.1, 0.15) is 11.9 Å². The van der Waals surface area contributed by atoms with Crippen LogP contribution in [0.2, 0.25) is 0 Å². The highest BCUT2D eigenvalue weighted by molar-refractivity contribution is 7.13. The Kier molecular flexibility index (Phi) is 11.4. The molecular formula is C48H50FN11O6S. The highest BCUT2D eigenvalue weighted by atomic mass is 32.1. The Morgan fingerprint density at radius 3 is 2.60 bits per heavy atom. The normalized spacial score (nSPS) is 21.0. The van der Waals surface area contributed by atoms with Gasteiger partial charge in [-0.15, -0.1) is 11.3 Å². The van der Waals surface area contributed by atoms with Gasteiger partial charge in [-0.25, -0.2) is 14.4 Å². The Morgan fingerprint density at radius 2 is 1.79 bits per heavy atom. The Morgan fingerprint density at radius 1 is 0.940 bits per heavy atom. The number of imide groups is 1. The monoisotopic (exact) mass is 927 g/mol. The second-order valence-electron chi connectivity index (χ2n) is 18.0. The quantitative estimate of drug-likeness (QED) is 0.172. The van der Waals surface area contributed by atoms with Crippen LogP contribution in [0.15, 0.2) is 72.5 Å². The van der Waals surface area contributed by atoms with Crippen molar-refractivity contribution >= 4 is 63.1 Å². The smallest absolute Gasteiger partial charge is 0.255 e. The predicted octanol–water partition coefficient (Wildman–Crippen LogP) is 4.01. The predicted molar refractivity (Wildman–Crippen MR) is 248 cm³/mol. The molecule has 3 N–H and O–H groups in total. The third-order valence-electron chi connectivity index (χ3n) is 13.9. The summed E-state index contributed by atoms with van der Waals surface area (Å²) in [7, 11) is 0. The van der Waals surface area contributed by atoms with E-state index in [9.17, 15) is 24.0 Å². The highest BCUT2D eigenvalue weighted by Crippen LogP contribution is 2.39. The van der Waals surface area contributed by atoms with Gasteiger partial charge in [-0.3, -0.25) is 39.5 Å². The number of aromatic nitrogens is 3. The third-order valence-corrected chi connectivity index (χ3v) is 14.6. The van der Waals surface area contributed by atoms with Gasteiger partial charge >= 0.3 is 0 Å². The number of thiazole rings is 1. The number of aryl methyl sites for hydroxylation is 1. The van der Waals surface area contributed by atoms with E-state index >= 15 is 4.39 Å². The number of imidazole rings is 1. The summed E-state index contributed by atoms with van der Waals surface area (Å²) in [5.74, 6) is -1.82. The molecule has 2 unspecified atom stereocenters. The lowest BCUT2D eigenvalue weighted by atomic mass is 9.99. The number of ether oxygens (including phenoxy) is 1. The lowest BCUT2D eigenvalue weighted by Crippen LogP contribution is -2.57. The minimum Gasteiger partial charge on any atom is -0.375 e. The van der Waals surface area contributed by atoms with Crippen LogP contribution in [0, 0.1) is 5.82 Å². The van der Waals surface area contributed by atoms with Crippen molar-refractivity contribution in [3.63, 3.8) is 0 Å². The molecule has 19 heteroatoms. The zero-order valence-electron chi connectivity index (χ0n) is 36.8. The number of hydrogen-bond acceptors (Lipinski definition) is 13. The molecule has 0 bridgehead atoms. The maximum atomic E-state index is 16.0. The molecule has 6 aliphatic rings. The minimum atomic E-state index is -1.06. The first-order valence-electron chi connectivity index (χ1n) is 22.9. The minimum absolute atomic E-state index is 0.0613. The van der Waals surface area contributed by atoms with E-state index in [2.05, 4.69) is 46.7 Å². The number of anilines is 4. The van der Waals surface area contributed by atoms with Crippen LogP contribution in [0.25, 0.3) is 11.1 Å². The molecule has 17 nitrogen and oxygen atoms in total. The molecule has 5 amide bonds. The fourth-order valence-corrected chi connectivity index (χ4v) is 11.0. The van der Waals surface area contributed by atoms with Crippen molar-refractivity contribution < 1.29 is 33.1 Å². The molecule has 2 aromatic heterocycles. The SMILES string of the molecule is O=C1CCC(Nc2ccc3c(c2)COC[C@H]2CN(CC(=O)N4CCN(c5ccc(-c6cc(F)c7c(c6)C(=O)N(C(C(=O)Nc6nccs6)c6ncn8c6CCC8)C7)cc5)CC4)CCN32)C(=O)N1. The molecule has 0 radical (unpaired) electrons. The van der Waals surface area contributed by atoms with Crippen molar-refractivity contribution in [3.05, 3.63) is 106 Å². The van der Waals surface area contributed by atoms with Crippen molar-refractivity contribution in [2.45, 2.75) is 63.5 Å². The molecule has 11 rings (SSSR count). The maximum absolute atomic E-state index is 16.0. The number of carbonyl (C=O) groups excluding carboxylic acids is 5. The molecule has 0 saturated carbocycles. The van der Waals surface area contributed by atoms with Crippen LogP contribution >= 0.6 is 11.3 Å². The molecule has 3 aromatic carbocycles. The molecule has 346 valence electrons. The molecule has 67 heavy (non-hydrogen) atoms. The first kappa shape index (κ1) is 42.9. The molecule has 3 saturated heterocycles. The molecule has 3 fully saturated rings. The van der Waals surface area contributed by atoms with Crippen LogP contribution < -0.4 is 25.8 Å². The molecule has 5 aromatic rings. The van der Waals surface area contributed by atoms with E-state index in [0.717, 1.165) is 66.4 Å². The Bertz CT molecular complexity index is 2760. The average molecular weight is 928 g/mol. The van der Waals surface area contributed by atoms with Crippen LogP contribution in [-0.2, 0) is 50.0 Å². The van der Waals surface area contributed by atoms with Gasteiger partial charge in [-0.2, -0.15) is 0 Å². The maximum Gasteiger partial charge on any atom is 0.255 e. The van der Waals surface area contributed by atoms with E-state index in [0.29, 0.717) is 81.7 Å². The molecule has 0 aliphatic carbocycles. The van der Waals surface area contributed by atoms with Gasteiger partial charge < -0.3 is 34.2 Å². The molecular weight excluding hydrogens is 878 g/mol. The van der Waals surface area contributed by atoms with Crippen LogP contribution in [0.4, 0.5) is 26.6 Å². The number of piperidine rings is 1. The summed E-state index contributed by atoms with van der Waals surface area (Å²) in [4.78, 5) is 84.6. The summed E-state index contributed by atoms with van der Waals surface area (Å²) in [6, 6.07) is 15.7. The van der Waals surface area contributed by atoms with Crippen LogP contribution in [-0.4, -0.2) is 130 Å². The molecule has 0 spiro atoms. The second-order valence-corrected chi connectivity index (χ2v) is 18.9. The number of fused-ring (bicyclic) bond motifs is 5. The summed E-state index contributed by atoms with van der Waals surface area (Å²) < 4.78 is 24.1. The first-order chi connectivity index (χ1) is 32.6.